The lowest BCUT2D eigenvalue weighted by Crippen LogP contribution is -2.21. The first-order valence-corrected chi connectivity index (χ1v) is 7.54. The molecule has 0 fully saturated rings. The van der Waals surface area contributed by atoms with E-state index >= 15 is 0 Å². The SMILES string of the molecule is COc1ccc([C@@H]2C(C#N)=C(N)Oc3c2ccc2[nH]ccc32)cc1. The third-order valence-electron chi connectivity index (χ3n) is 4.36. The van der Waals surface area contributed by atoms with E-state index in [2.05, 4.69) is 11.1 Å². The number of rotatable bonds is 2. The number of nitriles is 1. The highest BCUT2D eigenvalue weighted by Crippen LogP contribution is 2.45. The Morgan fingerprint density at radius 1 is 1.17 bits per heavy atom. The number of nitrogens with zero attached hydrogens (tertiary/aromatic N) is 1. The number of fused-ring (bicyclic) bond motifs is 3. The van der Waals surface area contributed by atoms with Gasteiger partial charge in [0.15, 0.2) is 0 Å². The standard InChI is InChI=1S/C19H15N3O2/c1-23-12-4-2-11(3-5-12)17-14-6-7-16-13(8-9-22-16)18(14)24-19(21)15(17)10-20/h2-9,17,22H,21H2,1H3/t17-/m0/s1. The van der Waals surface area contributed by atoms with Crippen molar-refractivity contribution in [3.8, 4) is 17.6 Å². The normalized spacial score (nSPS) is 16.4. The van der Waals surface area contributed by atoms with Gasteiger partial charge < -0.3 is 20.2 Å². The molecule has 0 amide bonds. The van der Waals surface area contributed by atoms with Gasteiger partial charge in [-0.25, -0.2) is 0 Å². The van der Waals surface area contributed by atoms with Crippen LogP contribution >= 0.6 is 0 Å². The first kappa shape index (κ1) is 14.2. The summed E-state index contributed by atoms with van der Waals surface area (Å²) in [6.07, 6.45) is 1.86. The number of allylic oxidation sites excluding steroid dienone is 1. The Balaban J connectivity index is 1.95. The van der Waals surface area contributed by atoms with Crippen molar-refractivity contribution in [1.82, 2.24) is 4.98 Å². The zero-order valence-electron chi connectivity index (χ0n) is 13.0. The van der Waals surface area contributed by atoms with Gasteiger partial charge in [-0.15, -0.1) is 0 Å². The summed E-state index contributed by atoms with van der Waals surface area (Å²) in [4.78, 5) is 3.16. The molecule has 1 aliphatic heterocycles. The Labute approximate surface area is 138 Å². The second kappa shape index (κ2) is 5.36. The lowest BCUT2D eigenvalue weighted by atomic mass is 9.83. The molecule has 5 heteroatoms. The Kier molecular flexibility index (Phi) is 3.17. The van der Waals surface area contributed by atoms with Crippen LogP contribution in [0.25, 0.3) is 10.9 Å². The summed E-state index contributed by atoms with van der Waals surface area (Å²) in [5, 5.41) is 10.5. The molecule has 3 aromatic rings. The first-order valence-electron chi connectivity index (χ1n) is 7.54. The van der Waals surface area contributed by atoms with Gasteiger partial charge in [0.25, 0.3) is 0 Å². The number of methoxy groups -OCH3 is 1. The summed E-state index contributed by atoms with van der Waals surface area (Å²) in [5.41, 5.74) is 9.33. The third-order valence-corrected chi connectivity index (χ3v) is 4.36. The van der Waals surface area contributed by atoms with Gasteiger partial charge in [-0.2, -0.15) is 5.26 Å². The van der Waals surface area contributed by atoms with Crippen molar-refractivity contribution in [2.45, 2.75) is 5.92 Å². The monoisotopic (exact) mass is 317 g/mol. The van der Waals surface area contributed by atoms with Crippen LogP contribution in [0.2, 0.25) is 0 Å². The molecule has 0 bridgehead atoms. The Morgan fingerprint density at radius 2 is 1.96 bits per heavy atom. The maximum absolute atomic E-state index is 9.59. The van der Waals surface area contributed by atoms with Crippen LogP contribution in [0, 0.1) is 11.3 Å². The zero-order valence-corrected chi connectivity index (χ0v) is 13.0. The summed E-state index contributed by atoms with van der Waals surface area (Å²) in [7, 11) is 1.62. The van der Waals surface area contributed by atoms with Crippen molar-refractivity contribution < 1.29 is 9.47 Å². The van der Waals surface area contributed by atoms with Crippen molar-refractivity contribution in [2.24, 2.45) is 5.73 Å². The summed E-state index contributed by atoms with van der Waals surface area (Å²) in [5.74, 6) is 1.36. The molecular formula is C19H15N3O2. The van der Waals surface area contributed by atoms with E-state index in [1.165, 1.54) is 0 Å². The van der Waals surface area contributed by atoms with Crippen LogP contribution in [-0.2, 0) is 0 Å². The number of benzene rings is 2. The van der Waals surface area contributed by atoms with Crippen molar-refractivity contribution in [2.75, 3.05) is 7.11 Å². The molecule has 0 unspecified atom stereocenters. The summed E-state index contributed by atoms with van der Waals surface area (Å²) >= 11 is 0. The van der Waals surface area contributed by atoms with Crippen molar-refractivity contribution >= 4 is 10.9 Å². The zero-order chi connectivity index (χ0) is 16.7. The van der Waals surface area contributed by atoms with Gasteiger partial charge in [0, 0.05) is 22.7 Å². The van der Waals surface area contributed by atoms with E-state index in [9.17, 15) is 5.26 Å². The number of aromatic amines is 1. The lowest BCUT2D eigenvalue weighted by Gasteiger charge is -2.27. The molecular weight excluding hydrogens is 302 g/mol. The molecule has 0 spiro atoms. The molecule has 0 radical (unpaired) electrons. The van der Waals surface area contributed by atoms with E-state index < -0.39 is 0 Å². The molecule has 2 heterocycles. The predicted octanol–water partition coefficient (Wildman–Crippen LogP) is 3.39. The van der Waals surface area contributed by atoms with Gasteiger partial charge in [0.05, 0.1) is 13.0 Å². The highest BCUT2D eigenvalue weighted by molar-refractivity contribution is 5.88. The molecule has 0 saturated heterocycles. The van der Waals surface area contributed by atoms with Crippen LogP contribution in [0.1, 0.15) is 17.0 Å². The van der Waals surface area contributed by atoms with E-state index in [-0.39, 0.29) is 11.8 Å². The Morgan fingerprint density at radius 3 is 2.67 bits per heavy atom. The molecule has 24 heavy (non-hydrogen) atoms. The molecule has 0 aliphatic carbocycles. The van der Waals surface area contributed by atoms with Gasteiger partial charge in [0.1, 0.15) is 23.1 Å². The molecule has 2 aromatic carbocycles. The molecule has 118 valence electrons. The molecule has 3 N–H and O–H groups in total. The van der Waals surface area contributed by atoms with Gasteiger partial charge in [-0.1, -0.05) is 18.2 Å². The highest BCUT2D eigenvalue weighted by Gasteiger charge is 2.31. The number of hydrogen-bond acceptors (Lipinski definition) is 4. The van der Waals surface area contributed by atoms with Crippen LogP contribution in [0.15, 0.2) is 60.1 Å². The van der Waals surface area contributed by atoms with Crippen LogP contribution in [0.5, 0.6) is 11.5 Å². The fourth-order valence-corrected chi connectivity index (χ4v) is 3.19. The summed E-state index contributed by atoms with van der Waals surface area (Å²) < 4.78 is 11.0. The number of nitrogens with one attached hydrogen (secondary N) is 1. The van der Waals surface area contributed by atoms with Gasteiger partial charge in [-0.3, -0.25) is 0 Å². The average Bonchev–Trinajstić information content (AvgIpc) is 3.10. The first-order chi connectivity index (χ1) is 11.7. The van der Waals surface area contributed by atoms with Crippen LogP contribution < -0.4 is 15.2 Å². The van der Waals surface area contributed by atoms with Crippen molar-refractivity contribution in [1.29, 1.82) is 5.26 Å². The fourth-order valence-electron chi connectivity index (χ4n) is 3.19. The minimum Gasteiger partial charge on any atom is -0.497 e. The third kappa shape index (κ3) is 2.01. The van der Waals surface area contributed by atoms with E-state index in [1.54, 1.807) is 7.11 Å². The quantitative estimate of drug-likeness (QED) is 0.758. The average molecular weight is 317 g/mol. The molecule has 4 rings (SSSR count). The number of nitrogens with two attached hydrogens (primary N) is 1. The van der Waals surface area contributed by atoms with E-state index in [0.717, 1.165) is 27.8 Å². The predicted molar refractivity (Wildman–Crippen MR) is 90.6 cm³/mol. The topological polar surface area (TPSA) is 84.1 Å². The number of hydrogen-bond donors (Lipinski definition) is 2. The molecule has 1 aliphatic rings. The van der Waals surface area contributed by atoms with E-state index in [1.807, 2.05) is 48.7 Å². The van der Waals surface area contributed by atoms with Crippen molar-refractivity contribution in [3.63, 3.8) is 0 Å². The van der Waals surface area contributed by atoms with Crippen LogP contribution in [-0.4, -0.2) is 12.1 Å². The smallest absolute Gasteiger partial charge is 0.205 e. The minimum absolute atomic E-state index is 0.152. The van der Waals surface area contributed by atoms with E-state index in [4.69, 9.17) is 15.2 Å². The molecule has 5 nitrogen and oxygen atoms in total. The lowest BCUT2D eigenvalue weighted by molar-refractivity contribution is 0.398. The number of ether oxygens (including phenoxy) is 2. The maximum Gasteiger partial charge on any atom is 0.205 e. The Hall–Kier alpha value is -3.39. The van der Waals surface area contributed by atoms with E-state index in [0.29, 0.717) is 11.3 Å². The molecule has 0 saturated carbocycles. The van der Waals surface area contributed by atoms with Gasteiger partial charge in [-0.05, 0) is 29.8 Å². The largest absolute Gasteiger partial charge is 0.497 e. The Bertz CT molecular complexity index is 994. The maximum atomic E-state index is 9.59. The van der Waals surface area contributed by atoms with Gasteiger partial charge >= 0.3 is 0 Å². The second-order valence-corrected chi connectivity index (χ2v) is 5.62. The molecule has 1 atom stereocenters. The van der Waals surface area contributed by atoms with Crippen LogP contribution in [0.4, 0.5) is 0 Å². The highest BCUT2D eigenvalue weighted by atomic mass is 16.5. The van der Waals surface area contributed by atoms with Gasteiger partial charge in [0.2, 0.25) is 5.88 Å². The van der Waals surface area contributed by atoms with Crippen LogP contribution in [0.3, 0.4) is 0 Å². The summed E-state index contributed by atoms with van der Waals surface area (Å²) in [6.45, 7) is 0. The number of aromatic nitrogens is 1. The molecule has 1 aromatic heterocycles. The summed E-state index contributed by atoms with van der Waals surface area (Å²) in [6, 6.07) is 15.8. The second-order valence-electron chi connectivity index (χ2n) is 5.62. The number of H-pyrrole nitrogens is 1. The fraction of sp³-hybridized carbons (Fsp3) is 0.105. The minimum atomic E-state index is -0.260. The van der Waals surface area contributed by atoms with Crippen molar-refractivity contribution in [3.05, 3.63) is 71.2 Å².